The Kier molecular flexibility index (Phi) is 6.84. The summed E-state index contributed by atoms with van der Waals surface area (Å²) in [4.78, 5) is 29.7. The normalized spacial score (nSPS) is 14.1. The highest BCUT2D eigenvalue weighted by atomic mass is 19.4. The standard InChI is InChI=1S/C15H20N4O2.C2HF3O2/c1-17(2)11-12-10-16-14-5-6-18(7-8-19(12)14)15(20)13-4-3-9-21-13;3-2(4,5)1(6)7/h3-4,9-10H,5-8,11H2,1-2H3;(H,6,7). The molecular weight excluding hydrogens is 381 g/mol. The van der Waals surface area contributed by atoms with Gasteiger partial charge in [0.1, 0.15) is 5.82 Å². The molecular formula is C17H21F3N4O4. The molecule has 0 unspecified atom stereocenters. The van der Waals surface area contributed by atoms with Crippen molar-refractivity contribution < 1.29 is 32.3 Å². The summed E-state index contributed by atoms with van der Waals surface area (Å²) in [6.45, 7) is 3.01. The van der Waals surface area contributed by atoms with Crippen LogP contribution in [-0.4, -0.2) is 69.7 Å². The summed E-state index contributed by atoms with van der Waals surface area (Å²) in [5.41, 5.74) is 1.20. The monoisotopic (exact) mass is 402 g/mol. The first kappa shape index (κ1) is 21.5. The maximum atomic E-state index is 12.3. The average Bonchev–Trinajstić information content (AvgIpc) is 3.20. The van der Waals surface area contributed by atoms with E-state index >= 15 is 0 Å². The van der Waals surface area contributed by atoms with Gasteiger partial charge >= 0.3 is 12.1 Å². The van der Waals surface area contributed by atoms with E-state index in [2.05, 4.69) is 14.5 Å². The van der Waals surface area contributed by atoms with Crippen molar-refractivity contribution in [2.75, 3.05) is 27.2 Å². The number of imidazole rings is 1. The van der Waals surface area contributed by atoms with E-state index in [0.29, 0.717) is 18.8 Å². The number of carbonyl (C=O) groups excluding carboxylic acids is 1. The number of carboxylic acid groups (broad SMARTS) is 1. The Morgan fingerprint density at radius 1 is 1.29 bits per heavy atom. The number of hydrogen-bond donors (Lipinski definition) is 1. The summed E-state index contributed by atoms with van der Waals surface area (Å²) in [5.74, 6) is -1.34. The highest BCUT2D eigenvalue weighted by molar-refractivity contribution is 5.91. The first-order valence-corrected chi connectivity index (χ1v) is 8.40. The maximum absolute atomic E-state index is 12.3. The van der Waals surface area contributed by atoms with Crippen molar-refractivity contribution in [3.8, 4) is 0 Å². The molecule has 0 spiro atoms. The predicted molar refractivity (Wildman–Crippen MR) is 91.6 cm³/mol. The Morgan fingerprint density at radius 3 is 2.50 bits per heavy atom. The van der Waals surface area contributed by atoms with Gasteiger partial charge in [-0.15, -0.1) is 0 Å². The molecule has 0 saturated carbocycles. The Bertz CT molecular complexity index is 800. The van der Waals surface area contributed by atoms with Crippen LogP contribution in [0.4, 0.5) is 13.2 Å². The third kappa shape index (κ3) is 5.59. The molecule has 154 valence electrons. The van der Waals surface area contributed by atoms with Gasteiger partial charge in [-0.3, -0.25) is 4.79 Å². The van der Waals surface area contributed by atoms with Gasteiger partial charge in [0.2, 0.25) is 0 Å². The van der Waals surface area contributed by atoms with Gasteiger partial charge in [-0.2, -0.15) is 13.2 Å². The summed E-state index contributed by atoms with van der Waals surface area (Å²) in [7, 11) is 4.09. The molecule has 1 aliphatic heterocycles. The second-order valence-corrected chi connectivity index (χ2v) is 6.38. The summed E-state index contributed by atoms with van der Waals surface area (Å²) in [6.07, 6.45) is -0.829. The molecule has 0 fully saturated rings. The Balaban J connectivity index is 0.000000345. The third-order valence-corrected chi connectivity index (χ3v) is 3.96. The summed E-state index contributed by atoms with van der Waals surface area (Å²) >= 11 is 0. The maximum Gasteiger partial charge on any atom is 0.490 e. The van der Waals surface area contributed by atoms with Crippen molar-refractivity contribution in [2.45, 2.75) is 25.7 Å². The second-order valence-electron chi connectivity index (χ2n) is 6.38. The van der Waals surface area contributed by atoms with Crippen molar-refractivity contribution in [1.82, 2.24) is 19.4 Å². The molecule has 2 aromatic rings. The molecule has 1 amide bonds. The summed E-state index contributed by atoms with van der Waals surface area (Å²) in [6, 6.07) is 3.45. The average molecular weight is 402 g/mol. The number of carbonyl (C=O) groups is 2. The van der Waals surface area contributed by atoms with Crippen molar-refractivity contribution in [3.63, 3.8) is 0 Å². The van der Waals surface area contributed by atoms with Crippen LogP contribution in [0.3, 0.4) is 0 Å². The van der Waals surface area contributed by atoms with Crippen LogP contribution in [-0.2, 0) is 24.3 Å². The number of carboxylic acids is 1. The van der Waals surface area contributed by atoms with Gasteiger partial charge in [-0.1, -0.05) is 0 Å². The van der Waals surface area contributed by atoms with Crippen molar-refractivity contribution in [1.29, 1.82) is 0 Å². The van der Waals surface area contributed by atoms with Crippen LogP contribution in [0.15, 0.2) is 29.0 Å². The van der Waals surface area contributed by atoms with E-state index in [4.69, 9.17) is 14.3 Å². The molecule has 1 aliphatic rings. The molecule has 2 aromatic heterocycles. The smallest absolute Gasteiger partial charge is 0.475 e. The molecule has 0 aliphatic carbocycles. The molecule has 0 saturated heterocycles. The number of nitrogens with zero attached hydrogens (tertiary/aromatic N) is 4. The molecule has 0 bridgehead atoms. The second kappa shape index (κ2) is 8.91. The molecule has 1 N–H and O–H groups in total. The van der Waals surface area contributed by atoms with Crippen LogP contribution in [0.5, 0.6) is 0 Å². The van der Waals surface area contributed by atoms with Crippen molar-refractivity contribution in [2.24, 2.45) is 0 Å². The predicted octanol–water partition coefficient (Wildman–Crippen LogP) is 1.87. The van der Waals surface area contributed by atoms with E-state index in [9.17, 15) is 18.0 Å². The number of hydrogen-bond acceptors (Lipinski definition) is 5. The fourth-order valence-corrected chi connectivity index (χ4v) is 2.70. The molecule has 3 heterocycles. The van der Waals surface area contributed by atoms with Crippen LogP contribution < -0.4 is 0 Å². The lowest BCUT2D eigenvalue weighted by Crippen LogP contribution is -2.33. The number of fused-ring (bicyclic) bond motifs is 1. The van der Waals surface area contributed by atoms with Crippen LogP contribution in [0.2, 0.25) is 0 Å². The molecule has 11 heteroatoms. The highest BCUT2D eigenvalue weighted by Gasteiger charge is 2.38. The quantitative estimate of drug-likeness (QED) is 0.843. The third-order valence-electron chi connectivity index (χ3n) is 3.96. The number of halogens is 3. The zero-order valence-corrected chi connectivity index (χ0v) is 15.4. The minimum atomic E-state index is -5.08. The number of amides is 1. The zero-order chi connectivity index (χ0) is 20.9. The van der Waals surface area contributed by atoms with E-state index in [-0.39, 0.29) is 5.91 Å². The van der Waals surface area contributed by atoms with Gasteiger partial charge in [0.05, 0.1) is 12.0 Å². The number of rotatable bonds is 3. The topological polar surface area (TPSA) is 91.8 Å². The minimum absolute atomic E-state index is 0.0417. The molecule has 0 aromatic carbocycles. The lowest BCUT2D eigenvalue weighted by atomic mass is 10.3. The zero-order valence-electron chi connectivity index (χ0n) is 15.4. The van der Waals surface area contributed by atoms with Crippen LogP contribution in [0.25, 0.3) is 0 Å². The van der Waals surface area contributed by atoms with Gasteiger partial charge in [0.25, 0.3) is 5.91 Å². The summed E-state index contributed by atoms with van der Waals surface area (Å²) < 4.78 is 39.2. The first-order valence-electron chi connectivity index (χ1n) is 8.40. The number of furan rings is 1. The fourth-order valence-electron chi connectivity index (χ4n) is 2.70. The highest BCUT2D eigenvalue weighted by Crippen LogP contribution is 2.15. The summed E-state index contributed by atoms with van der Waals surface area (Å²) in [5, 5.41) is 7.12. The van der Waals surface area contributed by atoms with Gasteiger partial charge in [-0.25, -0.2) is 9.78 Å². The number of alkyl halides is 3. The molecule has 8 nitrogen and oxygen atoms in total. The van der Waals surface area contributed by atoms with Crippen LogP contribution in [0, 0.1) is 0 Å². The van der Waals surface area contributed by atoms with Crippen molar-refractivity contribution in [3.05, 3.63) is 41.9 Å². The van der Waals surface area contributed by atoms with E-state index in [1.165, 1.54) is 12.0 Å². The van der Waals surface area contributed by atoms with Crippen molar-refractivity contribution >= 4 is 11.9 Å². The number of aliphatic carboxylic acids is 1. The minimum Gasteiger partial charge on any atom is -0.475 e. The van der Waals surface area contributed by atoms with E-state index in [0.717, 1.165) is 25.3 Å². The lowest BCUT2D eigenvalue weighted by molar-refractivity contribution is -0.192. The molecule has 3 rings (SSSR count). The van der Waals surface area contributed by atoms with E-state index in [1.807, 2.05) is 25.2 Å². The number of aromatic nitrogens is 2. The molecule has 0 radical (unpaired) electrons. The Labute approximate surface area is 159 Å². The fraction of sp³-hybridized carbons (Fsp3) is 0.471. The van der Waals surface area contributed by atoms with Gasteiger partial charge < -0.3 is 23.9 Å². The van der Waals surface area contributed by atoms with Crippen LogP contribution in [0.1, 0.15) is 22.1 Å². The first-order chi connectivity index (χ1) is 13.1. The van der Waals surface area contributed by atoms with Gasteiger partial charge in [0, 0.05) is 38.8 Å². The van der Waals surface area contributed by atoms with E-state index in [1.54, 1.807) is 12.1 Å². The Morgan fingerprint density at radius 2 is 1.96 bits per heavy atom. The van der Waals surface area contributed by atoms with Gasteiger partial charge in [-0.05, 0) is 26.2 Å². The van der Waals surface area contributed by atoms with Gasteiger partial charge in [0.15, 0.2) is 5.76 Å². The SMILES string of the molecule is CN(C)Cc1cnc2n1CCN(C(=O)c1ccco1)CC2.O=C(O)C(F)(F)F. The molecule has 28 heavy (non-hydrogen) atoms. The lowest BCUT2D eigenvalue weighted by Gasteiger charge is -2.19. The Hall–Kier alpha value is -2.82. The largest absolute Gasteiger partial charge is 0.490 e. The van der Waals surface area contributed by atoms with Crippen LogP contribution >= 0.6 is 0 Å². The van der Waals surface area contributed by atoms with E-state index < -0.39 is 12.1 Å². The molecule has 0 atom stereocenters.